The topological polar surface area (TPSA) is 12.4 Å². The second kappa shape index (κ2) is 5.20. The monoisotopic (exact) mass is 297 g/mol. The highest BCUT2D eigenvalue weighted by Crippen LogP contribution is 2.40. The van der Waals surface area contributed by atoms with Crippen LogP contribution in [0.3, 0.4) is 0 Å². The molecule has 1 nitrogen and oxygen atoms in total. The van der Waals surface area contributed by atoms with Crippen LogP contribution >= 0.6 is 0 Å². The molecule has 0 radical (unpaired) electrons. The fourth-order valence-corrected chi connectivity index (χ4v) is 3.32. The lowest BCUT2D eigenvalue weighted by molar-refractivity contribution is 0.740. The first kappa shape index (κ1) is 14.0. The lowest BCUT2D eigenvalue weighted by atomic mass is 9.81. The van der Waals surface area contributed by atoms with E-state index in [1.807, 2.05) is 0 Å². The van der Waals surface area contributed by atoms with E-state index in [-0.39, 0.29) is 5.41 Å². The zero-order valence-electron chi connectivity index (χ0n) is 13.5. The van der Waals surface area contributed by atoms with Crippen LogP contribution in [-0.4, -0.2) is 5.71 Å². The predicted octanol–water partition coefficient (Wildman–Crippen LogP) is 5.92. The van der Waals surface area contributed by atoms with Gasteiger partial charge < -0.3 is 0 Å². The Bertz CT molecular complexity index is 940. The first-order valence-corrected chi connectivity index (χ1v) is 8.01. The average molecular weight is 297 g/mol. The van der Waals surface area contributed by atoms with Crippen LogP contribution in [0.1, 0.15) is 25.0 Å². The van der Waals surface area contributed by atoms with Crippen molar-refractivity contribution < 1.29 is 0 Å². The zero-order valence-corrected chi connectivity index (χ0v) is 13.5. The van der Waals surface area contributed by atoms with Gasteiger partial charge in [-0.3, -0.25) is 4.99 Å². The molecule has 0 amide bonds. The molecule has 0 fully saturated rings. The van der Waals surface area contributed by atoms with Crippen LogP contribution < -0.4 is 0 Å². The molecule has 0 bridgehead atoms. The van der Waals surface area contributed by atoms with Gasteiger partial charge in [0.1, 0.15) is 0 Å². The predicted molar refractivity (Wildman–Crippen MR) is 99.5 cm³/mol. The van der Waals surface area contributed by atoms with Crippen molar-refractivity contribution in [2.24, 2.45) is 4.99 Å². The minimum atomic E-state index is -0.0440. The number of nitrogens with zero attached hydrogens (tertiary/aromatic N) is 1. The largest absolute Gasteiger partial charge is 0.252 e. The van der Waals surface area contributed by atoms with Gasteiger partial charge in [0.25, 0.3) is 0 Å². The Hall–Kier alpha value is -2.67. The smallest absolute Gasteiger partial charge is 0.0674 e. The van der Waals surface area contributed by atoms with Gasteiger partial charge in [-0.05, 0) is 34.0 Å². The molecule has 0 N–H and O–H groups in total. The quantitative estimate of drug-likeness (QED) is 0.557. The highest BCUT2D eigenvalue weighted by molar-refractivity contribution is 6.11. The molecule has 3 aromatic rings. The molecular formula is C22H19N. The van der Waals surface area contributed by atoms with E-state index in [0.717, 1.165) is 11.4 Å². The summed E-state index contributed by atoms with van der Waals surface area (Å²) in [5, 5.41) is 2.55. The van der Waals surface area contributed by atoms with Crippen molar-refractivity contribution >= 4 is 28.2 Å². The summed E-state index contributed by atoms with van der Waals surface area (Å²) in [4.78, 5) is 4.83. The lowest BCUT2D eigenvalue weighted by Gasteiger charge is -2.20. The summed E-state index contributed by atoms with van der Waals surface area (Å²) in [7, 11) is 0. The van der Waals surface area contributed by atoms with Crippen LogP contribution in [0.25, 0.3) is 16.8 Å². The van der Waals surface area contributed by atoms with Crippen molar-refractivity contribution in [2.75, 3.05) is 0 Å². The van der Waals surface area contributed by atoms with Crippen LogP contribution in [0.2, 0.25) is 0 Å². The third kappa shape index (κ3) is 2.29. The highest BCUT2D eigenvalue weighted by Gasteiger charge is 2.32. The van der Waals surface area contributed by atoms with Crippen LogP contribution in [0.15, 0.2) is 77.8 Å². The molecule has 23 heavy (non-hydrogen) atoms. The van der Waals surface area contributed by atoms with Gasteiger partial charge in [-0.15, -0.1) is 0 Å². The minimum Gasteiger partial charge on any atom is -0.252 e. The maximum atomic E-state index is 4.83. The van der Waals surface area contributed by atoms with Crippen LogP contribution in [0.4, 0.5) is 5.69 Å². The molecule has 0 aliphatic carbocycles. The van der Waals surface area contributed by atoms with Crippen LogP contribution in [-0.2, 0) is 5.41 Å². The fraction of sp³-hybridized carbons (Fsp3) is 0.136. The third-order valence-electron chi connectivity index (χ3n) is 4.70. The van der Waals surface area contributed by atoms with Gasteiger partial charge >= 0.3 is 0 Å². The Kier molecular flexibility index (Phi) is 3.16. The molecule has 3 aromatic carbocycles. The molecule has 1 heteroatoms. The summed E-state index contributed by atoms with van der Waals surface area (Å²) in [6, 6.07) is 23.3. The molecule has 0 saturated heterocycles. The molecule has 4 rings (SSSR count). The number of aliphatic imine (C=N–C) groups is 1. The standard InChI is InChI=1S/C22H19N/c1-22(2)19-12-5-6-13-20(19)23-21(22)15-14-17-10-7-9-16-8-3-4-11-18(16)17/h3-15H,1-2H3/b15-14+. The van der Waals surface area contributed by atoms with Crippen molar-refractivity contribution in [1.82, 2.24) is 0 Å². The van der Waals surface area contributed by atoms with E-state index in [4.69, 9.17) is 4.99 Å². The zero-order chi connectivity index (χ0) is 15.9. The summed E-state index contributed by atoms with van der Waals surface area (Å²) in [6.45, 7) is 4.48. The molecule has 1 heterocycles. The van der Waals surface area contributed by atoms with Gasteiger partial charge in [0, 0.05) is 5.41 Å². The number of hydrogen-bond donors (Lipinski definition) is 0. The number of allylic oxidation sites excluding steroid dienone is 1. The van der Waals surface area contributed by atoms with Gasteiger partial charge in [-0.1, -0.05) is 80.6 Å². The number of para-hydroxylation sites is 1. The Labute approximate surface area is 137 Å². The molecule has 0 spiro atoms. The summed E-state index contributed by atoms with van der Waals surface area (Å²) in [5.74, 6) is 0. The Balaban J connectivity index is 1.75. The summed E-state index contributed by atoms with van der Waals surface area (Å²) in [5.41, 5.74) is 4.70. The molecule has 1 aliphatic rings. The second-order valence-electron chi connectivity index (χ2n) is 6.54. The Morgan fingerprint density at radius 3 is 2.39 bits per heavy atom. The lowest BCUT2D eigenvalue weighted by Crippen LogP contribution is -2.23. The minimum absolute atomic E-state index is 0.0440. The number of benzene rings is 3. The first-order valence-electron chi connectivity index (χ1n) is 8.01. The molecule has 112 valence electrons. The van der Waals surface area contributed by atoms with E-state index >= 15 is 0 Å². The molecule has 0 saturated carbocycles. The number of hydrogen-bond acceptors (Lipinski definition) is 1. The fourth-order valence-electron chi connectivity index (χ4n) is 3.32. The van der Waals surface area contributed by atoms with E-state index in [2.05, 4.69) is 92.7 Å². The molecule has 1 aliphatic heterocycles. The summed E-state index contributed by atoms with van der Waals surface area (Å²) in [6.07, 6.45) is 4.36. The summed E-state index contributed by atoms with van der Waals surface area (Å²) >= 11 is 0. The van der Waals surface area contributed by atoms with Crippen LogP contribution in [0.5, 0.6) is 0 Å². The normalized spacial score (nSPS) is 15.8. The average Bonchev–Trinajstić information content (AvgIpc) is 2.84. The number of fused-ring (bicyclic) bond motifs is 2. The van der Waals surface area contributed by atoms with E-state index < -0.39 is 0 Å². The van der Waals surface area contributed by atoms with Gasteiger partial charge in [0.2, 0.25) is 0 Å². The van der Waals surface area contributed by atoms with Gasteiger partial charge in [-0.25, -0.2) is 0 Å². The van der Waals surface area contributed by atoms with Crippen molar-refractivity contribution in [1.29, 1.82) is 0 Å². The molecule has 0 atom stereocenters. The maximum absolute atomic E-state index is 4.83. The second-order valence-corrected chi connectivity index (χ2v) is 6.54. The molecule has 0 unspecified atom stereocenters. The van der Waals surface area contributed by atoms with Crippen LogP contribution in [0, 0.1) is 0 Å². The van der Waals surface area contributed by atoms with Gasteiger partial charge in [0.15, 0.2) is 0 Å². The van der Waals surface area contributed by atoms with Gasteiger partial charge in [-0.2, -0.15) is 0 Å². The number of rotatable bonds is 2. The summed E-state index contributed by atoms with van der Waals surface area (Å²) < 4.78 is 0. The maximum Gasteiger partial charge on any atom is 0.0674 e. The Morgan fingerprint density at radius 2 is 1.52 bits per heavy atom. The van der Waals surface area contributed by atoms with Crippen molar-refractivity contribution in [3.8, 4) is 0 Å². The van der Waals surface area contributed by atoms with E-state index in [1.165, 1.54) is 21.9 Å². The SMILES string of the molecule is CC1(C)C(/C=C/c2cccc3ccccc23)=Nc2ccccc21. The van der Waals surface area contributed by atoms with E-state index in [9.17, 15) is 0 Å². The van der Waals surface area contributed by atoms with Crippen molar-refractivity contribution in [3.63, 3.8) is 0 Å². The van der Waals surface area contributed by atoms with E-state index in [1.54, 1.807) is 0 Å². The van der Waals surface area contributed by atoms with Gasteiger partial charge in [0.05, 0.1) is 11.4 Å². The van der Waals surface area contributed by atoms with Crippen molar-refractivity contribution in [2.45, 2.75) is 19.3 Å². The van der Waals surface area contributed by atoms with E-state index in [0.29, 0.717) is 0 Å². The van der Waals surface area contributed by atoms with Crippen molar-refractivity contribution in [3.05, 3.63) is 83.9 Å². The highest BCUT2D eigenvalue weighted by atomic mass is 14.8. The molecular weight excluding hydrogens is 278 g/mol. The first-order chi connectivity index (χ1) is 11.2. The third-order valence-corrected chi connectivity index (χ3v) is 4.70. The molecule has 0 aromatic heterocycles. The Morgan fingerprint density at radius 1 is 0.783 bits per heavy atom.